The predicted molar refractivity (Wildman–Crippen MR) is 17.0 cm³/mol. The number of hydrogen-bond donors (Lipinski definition) is 2. The third kappa shape index (κ3) is 1110. The van der Waals surface area contributed by atoms with Crippen LogP contribution in [0.3, 0.4) is 0 Å². The molecular weight excluding hydrogens is 102 g/mol. The van der Waals surface area contributed by atoms with Crippen molar-refractivity contribution in [3.8, 4) is 0 Å². The summed E-state index contributed by atoms with van der Waals surface area (Å²) in [4.78, 5) is 0. The fourth-order valence-electron chi connectivity index (χ4n) is 0. The summed E-state index contributed by atoms with van der Waals surface area (Å²) in [5, 5.41) is 11.0. The zero-order valence-corrected chi connectivity index (χ0v) is 3.15. The number of hydrogen-bond acceptors (Lipinski definition) is 2. The number of halogens is 2. The SMILES string of the molecule is OF.OF.S. The second-order valence-corrected chi connectivity index (χ2v) is 0. The van der Waals surface area contributed by atoms with Crippen molar-refractivity contribution in [1.29, 1.82) is 0 Å². The standard InChI is InChI=1S/2FHO.H2S/c2*1-2;/h2*2H;1H2. The Morgan fingerprint density at radius 3 is 0.800 bits per heavy atom. The Bertz CT molecular complexity index is 7.61. The molecule has 0 saturated carbocycles. The minimum Gasteiger partial charge on any atom is -0.209 e. The van der Waals surface area contributed by atoms with E-state index in [9.17, 15) is 0 Å². The van der Waals surface area contributed by atoms with Gasteiger partial charge in [-0.15, -0.1) is 0 Å². The molecule has 0 spiro atoms. The molecule has 0 radical (unpaired) electrons. The van der Waals surface area contributed by atoms with Crippen molar-refractivity contribution in [2.45, 2.75) is 0 Å². The van der Waals surface area contributed by atoms with Crippen molar-refractivity contribution >= 4 is 13.5 Å². The molecule has 0 aliphatic heterocycles. The van der Waals surface area contributed by atoms with Crippen molar-refractivity contribution < 1.29 is 19.7 Å². The quantitative estimate of drug-likeness (QED) is 0.450. The summed E-state index contributed by atoms with van der Waals surface area (Å²) in [6, 6.07) is 0. The van der Waals surface area contributed by atoms with E-state index in [-0.39, 0.29) is 13.5 Å². The first kappa shape index (κ1) is 19.3. The summed E-state index contributed by atoms with van der Waals surface area (Å²) in [7, 11) is 0. The second-order valence-electron chi connectivity index (χ2n) is 0. The summed E-state index contributed by atoms with van der Waals surface area (Å²) in [6.45, 7) is 0. The van der Waals surface area contributed by atoms with Gasteiger partial charge in [0.2, 0.25) is 0 Å². The maximum absolute atomic E-state index is 8.50. The maximum atomic E-state index is 8.50. The molecule has 0 fully saturated rings. The molecule has 0 aromatic heterocycles. The van der Waals surface area contributed by atoms with Gasteiger partial charge in [-0.1, -0.05) is 9.05 Å². The van der Waals surface area contributed by atoms with Gasteiger partial charge in [0.25, 0.3) is 0 Å². The minimum atomic E-state index is 0. The molecule has 0 aliphatic rings. The lowest BCUT2D eigenvalue weighted by atomic mass is 15.7. The Morgan fingerprint density at radius 2 is 0.800 bits per heavy atom. The Morgan fingerprint density at radius 1 is 0.800 bits per heavy atom. The first-order valence-corrected chi connectivity index (χ1v) is 0.338. The van der Waals surface area contributed by atoms with E-state index in [0.29, 0.717) is 0 Å². The fourth-order valence-corrected chi connectivity index (χ4v) is 0. The highest BCUT2D eigenvalue weighted by Crippen LogP contribution is 1.13. The molecule has 5 heavy (non-hydrogen) atoms. The van der Waals surface area contributed by atoms with E-state index in [1.54, 1.807) is 0 Å². The van der Waals surface area contributed by atoms with Crippen LogP contribution in [-0.4, -0.2) is 10.6 Å². The summed E-state index contributed by atoms with van der Waals surface area (Å²) in [6.07, 6.45) is 0. The van der Waals surface area contributed by atoms with Crippen molar-refractivity contribution in [2.24, 2.45) is 0 Å². The van der Waals surface area contributed by atoms with Crippen LogP contribution in [0.1, 0.15) is 0 Å². The molecule has 0 amide bonds. The largest absolute Gasteiger partial charge is 0.209 e. The Hall–Kier alpha value is 0.130. The fraction of sp³-hybridized carbons (Fsp3) is 0. The smallest absolute Gasteiger partial charge is 0.0519 e. The van der Waals surface area contributed by atoms with Crippen molar-refractivity contribution in [2.75, 3.05) is 0 Å². The van der Waals surface area contributed by atoms with Gasteiger partial charge in [0.15, 0.2) is 0 Å². The van der Waals surface area contributed by atoms with Crippen LogP contribution in [0.25, 0.3) is 0 Å². The van der Waals surface area contributed by atoms with E-state index in [1.165, 1.54) is 0 Å². The first-order valence-electron chi connectivity index (χ1n) is 0.338. The average molecular weight is 106 g/mol. The molecule has 0 saturated heterocycles. The molecule has 2 N–H and O–H groups in total. The van der Waals surface area contributed by atoms with Crippen LogP contribution < -0.4 is 0 Å². The van der Waals surface area contributed by atoms with Crippen LogP contribution in [0.2, 0.25) is 0 Å². The van der Waals surface area contributed by atoms with Crippen molar-refractivity contribution in [3.63, 3.8) is 0 Å². The Balaban J connectivity index is -0.0000000133. The van der Waals surface area contributed by atoms with Crippen LogP contribution in [0.4, 0.5) is 9.05 Å². The van der Waals surface area contributed by atoms with Crippen molar-refractivity contribution in [1.82, 2.24) is 0 Å². The van der Waals surface area contributed by atoms with Crippen LogP contribution in [0.15, 0.2) is 0 Å². The molecule has 5 heteroatoms. The van der Waals surface area contributed by atoms with Crippen LogP contribution in [-0.2, 0) is 0 Å². The number of rotatable bonds is 0. The van der Waals surface area contributed by atoms with Crippen LogP contribution in [0.5, 0.6) is 0 Å². The molecule has 0 rings (SSSR count). The van der Waals surface area contributed by atoms with Gasteiger partial charge < -0.3 is 0 Å². The Kier molecular flexibility index (Phi) is 9240. The molecule has 0 aromatic carbocycles. The highest BCUT2D eigenvalue weighted by molar-refractivity contribution is 7.59. The van der Waals surface area contributed by atoms with Gasteiger partial charge >= 0.3 is 0 Å². The summed E-state index contributed by atoms with van der Waals surface area (Å²) in [5.41, 5.74) is 0. The minimum absolute atomic E-state index is 0. The van der Waals surface area contributed by atoms with E-state index in [0.717, 1.165) is 0 Å². The van der Waals surface area contributed by atoms with Gasteiger partial charge in [-0.05, 0) is 0 Å². The normalized spacial score (nSPS) is 2.40. The van der Waals surface area contributed by atoms with Gasteiger partial charge in [0.05, 0.1) is 0 Å². The first-order chi connectivity index (χ1) is 2.00. The van der Waals surface area contributed by atoms with E-state index in [2.05, 4.69) is 0 Å². The lowest BCUT2D eigenvalue weighted by Gasteiger charge is -1.13. The van der Waals surface area contributed by atoms with Crippen molar-refractivity contribution in [3.05, 3.63) is 0 Å². The molecule has 0 bridgehead atoms. The molecule has 0 unspecified atom stereocenters. The van der Waals surface area contributed by atoms with Crippen LogP contribution >= 0.6 is 13.5 Å². The summed E-state index contributed by atoms with van der Waals surface area (Å²) < 4.78 is 17.0. The topological polar surface area (TPSA) is 40.5 Å². The average Bonchev–Trinajstić information content (AvgIpc) is 1.50. The summed E-state index contributed by atoms with van der Waals surface area (Å²) in [5.74, 6) is 0. The molecule has 2 nitrogen and oxygen atoms in total. The molecule has 36 valence electrons. The Labute approximate surface area is 34.3 Å². The molecule has 0 aromatic rings. The molecule has 0 aliphatic carbocycles. The van der Waals surface area contributed by atoms with E-state index < -0.39 is 0 Å². The van der Waals surface area contributed by atoms with Gasteiger partial charge in [-0.3, -0.25) is 0 Å². The highest BCUT2D eigenvalue weighted by Gasteiger charge is 0.875. The predicted octanol–water partition coefficient (Wildman–Crippen LogP) is -0.161. The third-order valence-corrected chi connectivity index (χ3v) is 0. The highest BCUT2D eigenvalue weighted by atomic mass is 32.1. The monoisotopic (exact) mass is 106 g/mol. The zero-order chi connectivity index (χ0) is 4.00. The molecule has 0 atom stereocenters. The van der Waals surface area contributed by atoms with E-state index in [4.69, 9.17) is 19.7 Å². The molecule has 0 heterocycles. The lowest BCUT2D eigenvalue weighted by Crippen LogP contribution is -0.996. The zero-order valence-electron chi connectivity index (χ0n) is 2.15. The van der Waals surface area contributed by atoms with Gasteiger partial charge in [0, 0.05) is 0 Å². The van der Waals surface area contributed by atoms with E-state index in [1.807, 2.05) is 0 Å². The van der Waals surface area contributed by atoms with Gasteiger partial charge in [-0.25, -0.2) is 10.6 Å². The second kappa shape index (κ2) is 2390. The van der Waals surface area contributed by atoms with Crippen LogP contribution in [0, 0.1) is 0 Å². The van der Waals surface area contributed by atoms with Gasteiger partial charge in [0.1, 0.15) is 0 Å². The molecular formula is H4F2O2S. The maximum Gasteiger partial charge on any atom is -0.0519 e. The third-order valence-electron chi connectivity index (χ3n) is 0. The van der Waals surface area contributed by atoms with Gasteiger partial charge in [-0.2, -0.15) is 13.5 Å². The van der Waals surface area contributed by atoms with E-state index >= 15 is 0 Å². The lowest BCUT2D eigenvalue weighted by molar-refractivity contribution is -0.0442. The summed E-state index contributed by atoms with van der Waals surface area (Å²) >= 11 is 0.